The largest absolute Gasteiger partial charge is 0.484 e. The Bertz CT molecular complexity index is 829. The van der Waals surface area contributed by atoms with Gasteiger partial charge in [0.15, 0.2) is 13.2 Å². The minimum Gasteiger partial charge on any atom is -0.484 e. The van der Waals surface area contributed by atoms with Crippen molar-refractivity contribution in [3.63, 3.8) is 0 Å². The molecule has 0 saturated heterocycles. The fourth-order valence-corrected chi connectivity index (χ4v) is 2.39. The highest BCUT2D eigenvalue weighted by Gasteiger charge is 2.05. The first-order valence-corrected chi connectivity index (χ1v) is 8.45. The lowest BCUT2D eigenvalue weighted by molar-refractivity contribution is -0.139. The van der Waals surface area contributed by atoms with Gasteiger partial charge in [-0.15, -0.1) is 0 Å². The molecule has 0 spiro atoms. The van der Waals surface area contributed by atoms with Crippen LogP contribution >= 0.6 is 27.5 Å². The molecule has 26 heavy (non-hydrogen) atoms. The zero-order chi connectivity index (χ0) is 18.9. The average Bonchev–Trinajstić information content (AvgIpc) is 2.59. The number of aliphatic carboxylic acids is 1. The number of hydrazone groups is 1. The Hall–Kier alpha value is -2.58. The fraction of sp³-hybridized carbons (Fsp3) is 0.118. The number of hydrogen-bond acceptors (Lipinski definition) is 5. The van der Waals surface area contributed by atoms with Gasteiger partial charge in [-0.2, -0.15) is 5.10 Å². The third-order valence-electron chi connectivity index (χ3n) is 2.88. The molecule has 0 bridgehead atoms. The number of rotatable bonds is 8. The van der Waals surface area contributed by atoms with Crippen molar-refractivity contribution in [2.45, 2.75) is 0 Å². The van der Waals surface area contributed by atoms with Crippen LogP contribution in [0.25, 0.3) is 0 Å². The van der Waals surface area contributed by atoms with Crippen molar-refractivity contribution < 1.29 is 24.2 Å². The number of carbonyl (C=O) groups excluding carboxylic acids is 1. The van der Waals surface area contributed by atoms with E-state index < -0.39 is 18.5 Å². The van der Waals surface area contributed by atoms with E-state index in [-0.39, 0.29) is 17.4 Å². The lowest BCUT2D eigenvalue weighted by Gasteiger charge is -2.06. The van der Waals surface area contributed by atoms with Gasteiger partial charge in [0.2, 0.25) is 0 Å². The molecule has 9 heteroatoms. The number of carboxylic acid groups (broad SMARTS) is 1. The predicted molar refractivity (Wildman–Crippen MR) is 100.0 cm³/mol. The Balaban J connectivity index is 1.82. The molecule has 2 aromatic carbocycles. The summed E-state index contributed by atoms with van der Waals surface area (Å²) in [7, 11) is 0. The summed E-state index contributed by atoms with van der Waals surface area (Å²) < 4.78 is 11.2. The molecule has 136 valence electrons. The van der Waals surface area contributed by atoms with Gasteiger partial charge in [0, 0.05) is 4.47 Å². The number of carboxylic acids is 1. The van der Waals surface area contributed by atoms with E-state index in [0.29, 0.717) is 11.3 Å². The fourth-order valence-electron chi connectivity index (χ4n) is 1.77. The normalized spacial score (nSPS) is 10.5. The summed E-state index contributed by atoms with van der Waals surface area (Å²) in [6, 6.07) is 11.8. The average molecular weight is 442 g/mol. The van der Waals surface area contributed by atoms with Crippen LogP contribution in [-0.4, -0.2) is 36.4 Å². The van der Waals surface area contributed by atoms with Gasteiger partial charge in [-0.05, 0) is 42.0 Å². The molecule has 0 saturated carbocycles. The predicted octanol–water partition coefficient (Wildman–Crippen LogP) is 3.10. The summed E-state index contributed by atoms with van der Waals surface area (Å²) in [6.07, 6.45) is 1.39. The van der Waals surface area contributed by atoms with Crippen LogP contribution in [0.3, 0.4) is 0 Å². The van der Waals surface area contributed by atoms with Gasteiger partial charge < -0.3 is 14.6 Å². The number of carbonyl (C=O) groups is 2. The third kappa shape index (κ3) is 6.73. The Kier molecular flexibility index (Phi) is 7.43. The molecule has 2 rings (SSSR count). The highest BCUT2D eigenvalue weighted by molar-refractivity contribution is 9.10. The van der Waals surface area contributed by atoms with E-state index in [4.69, 9.17) is 26.2 Å². The Labute approximate surface area is 162 Å². The van der Waals surface area contributed by atoms with Crippen molar-refractivity contribution in [2.24, 2.45) is 5.10 Å². The van der Waals surface area contributed by atoms with Crippen LogP contribution in [0.15, 0.2) is 52.0 Å². The third-order valence-corrected chi connectivity index (χ3v) is 3.66. The number of nitrogens with one attached hydrogen (secondary N) is 1. The van der Waals surface area contributed by atoms with Crippen molar-refractivity contribution >= 4 is 45.6 Å². The molecule has 0 radical (unpaired) electrons. The van der Waals surface area contributed by atoms with Crippen LogP contribution in [0.4, 0.5) is 0 Å². The number of ether oxygens (including phenoxy) is 2. The number of hydrogen-bond donors (Lipinski definition) is 2. The summed E-state index contributed by atoms with van der Waals surface area (Å²) in [6.45, 7) is -0.669. The van der Waals surface area contributed by atoms with Gasteiger partial charge in [-0.1, -0.05) is 33.6 Å². The van der Waals surface area contributed by atoms with Crippen molar-refractivity contribution in [1.29, 1.82) is 0 Å². The second kappa shape index (κ2) is 9.79. The van der Waals surface area contributed by atoms with E-state index in [1.807, 2.05) is 6.07 Å². The van der Waals surface area contributed by atoms with Gasteiger partial charge in [-0.25, -0.2) is 10.2 Å². The maximum Gasteiger partial charge on any atom is 0.341 e. The van der Waals surface area contributed by atoms with Crippen molar-refractivity contribution in [1.82, 2.24) is 5.43 Å². The molecule has 0 atom stereocenters. The molecule has 0 aliphatic rings. The van der Waals surface area contributed by atoms with Crippen molar-refractivity contribution in [3.8, 4) is 11.5 Å². The first kappa shape index (κ1) is 19.7. The van der Waals surface area contributed by atoms with Crippen LogP contribution in [0.1, 0.15) is 5.56 Å². The smallest absolute Gasteiger partial charge is 0.341 e. The van der Waals surface area contributed by atoms with Crippen molar-refractivity contribution in [2.75, 3.05) is 13.2 Å². The number of halogens is 2. The van der Waals surface area contributed by atoms with Crippen molar-refractivity contribution in [3.05, 3.63) is 57.5 Å². The van der Waals surface area contributed by atoms with Gasteiger partial charge in [0.05, 0.1) is 11.2 Å². The molecule has 0 aromatic heterocycles. The monoisotopic (exact) mass is 440 g/mol. The van der Waals surface area contributed by atoms with E-state index >= 15 is 0 Å². The number of nitrogens with zero attached hydrogens (tertiary/aromatic N) is 1. The standard InChI is InChI=1S/C17H14BrClN2O5/c18-12-2-1-3-13(7-12)25-9-16(22)21-20-8-11-4-5-15(14(19)6-11)26-10-17(23)24/h1-8H,9-10H2,(H,21,22)(H,23,24)/b20-8+. The van der Waals surface area contributed by atoms with Gasteiger partial charge in [0.1, 0.15) is 11.5 Å². The molecule has 0 aliphatic heterocycles. The van der Waals surface area contributed by atoms with Crippen LogP contribution in [0.2, 0.25) is 5.02 Å². The lowest BCUT2D eigenvalue weighted by Crippen LogP contribution is -2.24. The maximum atomic E-state index is 11.7. The van der Waals surface area contributed by atoms with E-state index in [1.54, 1.807) is 24.3 Å². The zero-order valence-corrected chi connectivity index (χ0v) is 15.7. The molecule has 1 amide bonds. The summed E-state index contributed by atoms with van der Waals surface area (Å²) in [5.41, 5.74) is 2.93. The van der Waals surface area contributed by atoms with Crippen LogP contribution < -0.4 is 14.9 Å². The summed E-state index contributed by atoms with van der Waals surface area (Å²) in [5, 5.41) is 12.6. The molecule has 2 aromatic rings. The Morgan fingerprint density at radius 1 is 1.19 bits per heavy atom. The molecule has 7 nitrogen and oxygen atoms in total. The topological polar surface area (TPSA) is 97.2 Å². The van der Waals surface area contributed by atoms with Crippen LogP contribution in [0.5, 0.6) is 11.5 Å². The highest BCUT2D eigenvalue weighted by atomic mass is 79.9. The SMILES string of the molecule is O=C(O)COc1ccc(/C=N/NC(=O)COc2cccc(Br)c2)cc1Cl. The minimum absolute atomic E-state index is 0.184. The van der Waals surface area contributed by atoms with Crippen LogP contribution in [0, 0.1) is 0 Å². The molecular weight excluding hydrogens is 428 g/mol. The van der Waals surface area contributed by atoms with Gasteiger partial charge >= 0.3 is 5.97 Å². The van der Waals surface area contributed by atoms with E-state index in [2.05, 4.69) is 26.5 Å². The zero-order valence-electron chi connectivity index (χ0n) is 13.3. The highest BCUT2D eigenvalue weighted by Crippen LogP contribution is 2.24. The second-order valence-corrected chi connectivity index (χ2v) is 6.23. The Morgan fingerprint density at radius 2 is 2.00 bits per heavy atom. The first-order chi connectivity index (χ1) is 12.4. The van der Waals surface area contributed by atoms with E-state index in [1.165, 1.54) is 18.3 Å². The maximum absolute atomic E-state index is 11.7. The quantitative estimate of drug-likeness (QED) is 0.485. The summed E-state index contributed by atoms with van der Waals surface area (Å²) in [5.74, 6) is -0.715. The molecule has 0 aliphatic carbocycles. The van der Waals surface area contributed by atoms with E-state index in [9.17, 15) is 9.59 Å². The van der Waals surface area contributed by atoms with Gasteiger partial charge in [-0.3, -0.25) is 4.79 Å². The molecule has 2 N–H and O–H groups in total. The minimum atomic E-state index is -1.10. The molecule has 0 fully saturated rings. The van der Waals surface area contributed by atoms with Crippen LogP contribution in [-0.2, 0) is 9.59 Å². The molecular formula is C17H14BrClN2O5. The van der Waals surface area contributed by atoms with E-state index in [0.717, 1.165) is 4.47 Å². The summed E-state index contributed by atoms with van der Waals surface area (Å²) in [4.78, 5) is 22.2. The molecule has 0 unspecified atom stereocenters. The lowest BCUT2D eigenvalue weighted by atomic mass is 10.2. The number of amides is 1. The second-order valence-electron chi connectivity index (χ2n) is 4.91. The first-order valence-electron chi connectivity index (χ1n) is 7.28. The summed E-state index contributed by atoms with van der Waals surface area (Å²) >= 11 is 9.31. The Morgan fingerprint density at radius 3 is 2.69 bits per heavy atom. The number of benzene rings is 2. The molecule has 0 heterocycles. The van der Waals surface area contributed by atoms with Gasteiger partial charge in [0.25, 0.3) is 5.91 Å².